The Balaban J connectivity index is 2.68. The summed E-state index contributed by atoms with van der Waals surface area (Å²) >= 11 is 5.86. The third kappa shape index (κ3) is 6.86. The number of benzene rings is 1. The molecule has 0 aliphatic carbocycles. The Kier molecular flexibility index (Phi) is 8.40. The number of carbonyl (C=O) groups excluding carboxylic acids is 1. The normalized spacial score (nSPS) is 10.4. The molecule has 0 aromatic heterocycles. The molecular formula is C16H23ClN2O4. The number of nitro benzene ring substituents is 1. The molecule has 0 unspecified atom stereocenters. The molecule has 6 nitrogen and oxygen atoms in total. The average Bonchev–Trinajstić information content (AvgIpc) is 2.47. The number of nitrogens with one attached hydrogen (secondary N) is 1. The maximum Gasteiger partial charge on any atom is 0.291 e. The van der Waals surface area contributed by atoms with Gasteiger partial charge >= 0.3 is 0 Å². The van der Waals surface area contributed by atoms with Crippen LogP contribution < -0.4 is 10.1 Å². The van der Waals surface area contributed by atoms with Crippen molar-refractivity contribution >= 4 is 28.9 Å². The van der Waals surface area contributed by atoms with Gasteiger partial charge in [0.15, 0.2) is 0 Å². The van der Waals surface area contributed by atoms with Crippen LogP contribution in [-0.4, -0.2) is 17.4 Å². The third-order valence-corrected chi connectivity index (χ3v) is 3.61. The number of hydrogen-bond donors (Lipinski definition) is 1. The van der Waals surface area contributed by atoms with Crippen LogP contribution >= 0.6 is 11.6 Å². The van der Waals surface area contributed by atoms with Gasteiger partial charge in [0, 0.05) is 6.92 Å². The molecule has 128 valence electrons. The van der Waals surface area contributed by atoms with Crippen molar-refractivity contribution < 1.29 is 14.5 Å². The fourth-order valence-corrected chi connectivity index (χ4v) is 2.39. The molecule has 0 spiro atoms. The van der Waals surface area contributed by atoms with Crippen molar-refractivity contribution in [1.82, 2.24) is 0 Å². The maximum atomic E-state index is 11.2. The highest BCUT2D eigenvalue weighted by molar-refractivity contribution is 6.33. The second kappa shape index (κ2) is 10.0. The number of carbonyl (C=O) groups is 1. The fraction of sp³-hybridized carbons (Fsp3) is 0.562. The smallest absolute Gasteiger partial charge is 0.291 e. The number of hydrogen-bond acceptors (Lipinski definition) is 4. The summed E-state index contributed by atoms with van der Waals surface area (Å²) in [6.45, 7) is 3.96. The predicted octanol–water partition coefficient (Wildman–Crippen LogP) is 4.95. The summed E-state index contributed by atoms with van der Waals surface area (Å²) in [7, 11) is 0. The molecule has 1 aromatic carbocycles. The molecule has 1 amide bonds. The van der Waals surface area contributed by atoms with Crippen molar-refractivity contribution in [2.75, 3.05) is 11.9 Å². The van der Waals surface area contributed by atoms with Crippen LogP contribution in [0.4, 0.5) is 11.4 Å². The largest absolute Gasteiger partial charge is 0.491 e. The highest BCUT2D eigenvalue weighted by atomic mass is 35.5. The van der Waals surface area contributed by atoms with Crippen LogP contribution in [0.5, 0.6) is 5.75 Å². The molecule has 7 heteroatoms. The second-order valence-corrected chi connectivity index (χ2v) is 5.76. The van der Waals surface area contributed by atoms with E-state index in [0.29, 0.717) is 12.3 Å². The van der Waals surface area contributed by atoms with Gasteiger partial charge in [0.05, 0.1) is 23.3 Å². The Labute approximate surface area is 141 Å². The molecule has 0 saturated heterocycles. The van der Waals surface area contributed by atoms with Crippen molar-refractivity contribution in [3.8, 4) is 5.75 Å². The van der Waals surface area contributed by atoms with Gasteiger partial charge in [-0.1, -0.05) is 50.6 Å². The van der Waals surface area contributed by atoms with Crippen LogP contribution in [0.15, 0.2) is 12.1 Å². The number of amides is 1. The lowest BCUT2D eigenvalue weighted by Gasteiger charge is -2.12. The topological polar surface area (TPSA) is 81.5 Å². The maximum absolute atomic E-state index is 11.2. The van der Waals surface area contributed by atoms with Gasteiger partial charge in [0.25, 0.3) is 5.69 Å². The summed E-state index contributed by atoms with van der Waals surface area (Å²) in [5, 5.41) is 13.5. The van der Waals surface area contributed by atoms with Gasteiger partial charge in [0.2, 0.25) is 5.91 Å². The second-order valence-electron chi connectivity index (χ2n) is 5.35. The summed E-state index contributed by atoms with van der Waals surface area (Å²) in [6.07, 6.45) is 6.70. The SMILES string of the molecule is CCCCCCCCOc1cc([N+](=O)[O-])c(Cl)cc1NC(C)=O. The molecular weight excluding hydrogens is 320 g/mol. The van der Waals surface area contributed by atoms with Gasteiger partial charge in [-0.3, -0.25) is 14.9 Å². The lowest BCUT2D eigenvalue weighted by molar-refractivity contribution is -0.384. The van der Waals surface area contributed by atoms with Crippen molar-refractivity contribution in [3.05, 3.63) is 27.3 Å². The first-order chi connectivity index (χ1) is 11.0. The first-order valence-corrected chi connectivity index (χ1v) is 8.21. The Bertz CT molecular complexity index is 549. The summed E-state index contributed by atoms with van der Waals surface area (Å²) < 4.78 is 5.61. The van der Waals surface area contributed by atoms with E-state index in [9.17, 15) is 14.9 Å². The predicted molar refractivity (Wildman–Crippen MR) is 91.3 cm³/mol. The molecule has 0 bridgehead atoms. The molecule has 0 atom stereocenters. The Morgan fingerprint density at radius 3 is 2.52 bits per heavy atom. The Hall–Kier alpha value is -1.82. The van der Waals surface area contributed by atoms with Crippen LogP contribution in [0.3, 0.4) is 0 Å². The summed E-state index contributed by atoms with van der Waals surface area (Å²) in [5.74, 6) is -0.0239. The third-order valence-electron chi connectivity index (χ3n) is 3.31. The number of unbranched alkanes of at least 4 members (excludes halogenated alkanes) is 5. The molecule has 1 rings (SSSR count). The highest BCUT2D eigenvalue weighted by Gasteiger charge is 2.18. The number of nitro groups is 1. The molecule has 0 aliphatic rings. The van der Waals surface area contributed by atoms with Crippen molar-refractivity contribution in [2.24, 2.45) is 0 Å². The zero-order valence-electron chi connectivity index (χ0n) is 13.6. The molecule has 1 N–H and O–H groups in total. The Morgan fingerprint density at radius 1 is 1.26 bits per heavy atom. The lowest BCUT2D eigenvalue weighted by Crippen LogP contribution is -2.09. The van der Waals surface area contributed by atoms with E-state index in [1.54, 1.807) is 0 Å². The summed E-state index contributed by atoms with van der Waals surface area (Å²) in [5.41, 5.74) is 0.109. The molecule has 23 heavy (non-hydrogen) atoms. The number of halogens is 1. The first-order valence-electron chi connectivity index (χ1n) is 7.84. The van der Waals surface area contributed by atoms with Gasteiger partial charge in [-0.2, -0.15) is 0 Å². The van der Waals surface area contributed by atoms with Gasteiger partial charge in [-0.15, -0.1) is 0 Å². The van der Waals surface area contributed by atoms with Crippen molar-refractivity contribution in [3.63, 3.8) is 0 Å². The zero-order chi connectivity index (χ0) is 17.2. The lowest BCUT2D eigenvalue weighted by atomic mass is 10.1. The summed E-state index contributed by atoms with van der Waals surface area (Å²) in [4.78, 5) is 21.6. The van der Waals surface area contributed by atoms with Crippen LogP contribution in [0.2, 0.25) is 5.02 Å². The minimum absolute atomic E-state index is 0.0364. The molecule has 0 heterocycles. The number of anilines is 1. The number of rotatable bonds is 10. The minimum Gasteiger partial charge on any atom is -0.491 e. The van der Waals surface area contributed by atoms with E-state index in [4.69, 9.17) is 16.3 Å². The highest BCUT2D eigenvalue weighted by Crippen LogP contribution is 2.36. The van der Waals surface area contributed by atoms with E-state index in [0.717, 1.165) is 19.3 Å². The van der Waals surface area contributed by atoms with Gasteiger partial charge in [-0.05, 0) is 12.5 Å². The van der Waals surface area contributed by atoms with Crippen LogP contribution in [-0.2, 0) is 4.79 Å². The van der Waals surface area contributed by atoms with Crippen molar-refractivity contribution in [1.29, 1.82) is 0 Å². The molecule has 0 radical (unpaired) electrons. The van der Waals surface area contributed by atoms with Crippen LogP contribution in [0.1, 0.15) is 52.4 Å². The van der Waals surface area contributed by atoms with Crippen LogP contribution in [0.25, 0.3) is 0 Å². The fourth-order valence-electron chi connectivity index (χ4n) is 2.15. The van der Waals surface area contributed by atoms with E-state index < -0.39 is 4.92 Å². The van der Waals surface area contributed by atoms with Gasteiger partial charge < -0.3 is 10.1 Å². The first kappa shape index (κ1) is 19.2. The zero-order valence-corrected chi connectivity index (χ0v) is 14.3. The Morgan fingerprint density at radius 2 is 1.91 bits per heavy atom. The molecule has 0 aliphatic heterocycles. The minimum atomic E-state index is -0.572. The molecule has 1 aromatic rings. The average molecular weight is 343 g/mol. The quantitative estimate of drug-likeness (QED) is 0.370. The van der Waals surface area contributed by atoms with E-state index in [2.05, 4.69) is 12.2 Å². The van der Waals surface area contributed by atoms with E-state index in [1.165, 1.54) is 38.3 Å². The van der Waals surface area contributed by atoms with E-state index >= 15 is 0 Å². The molecule has 0 fully saturated rings. The van der Waals surface area contributed by atoms with Gasteiger partial charge in [0.1, 0.15) is 10.8 Å². The monoisotopic (exact) mass is 342 g/mol. The standard InChI is InChI=1S/C16H23ClN2O4/c1-3-4-5-6-7-8-9-23-16-11-15(19(21)22)13(17)10-14(16)18-12(2)20/h10-11H,3-9H2,1-2H3,(H,18,20). The summed E-state index contributed by atoms with van der Waals surface area (Å²) in [6, 6.07) is 2.60. The van der Waals surface area contributed by atoms with E-state index in [-0.39, 0.29) is 22.4 Å². The van der Waals surface area contributed by atoms with Crippen LogP contribution in [0, 0.1) is 10.1 Å². The van der Waals surface area contributed by atoms with Crippen molar-refractivity contribution in [2.45, 2.75) is 52.4 Å². The number of ether oxygens (including phenoxy) is 1. The van der Waals surface area contributed by atoms with Gasteiger partial charge in [-0.25, -0.2) is 0 Å². The number of nitrogens with zero attached hydrogens (tertiary/aromatic N) is 1. The molecule has 0 saturated carbocycles. The van der Waals surface area contributed by atoms with E-state index in [1.807, 2.05) is 0 Å².